The highest BCUT2D eigenvalue weighted by atomic mass is 16.6. The van der Waals surface area contributed by atoms with Crippen LogP contribution in [0, 0.1) is 10.1 Å². The molecule has 1 aromatic heterocycles. The number of fused-ring (bicyclic) bond motifs is 1. The molecular weight excluding hydrogens is 350 g/mol. The van der Waals surface area contributed by atoms with Crippen LogP contribution in [0.25, 0.3) is 11.0 Å². The van der Waals surface area contributed by atoms with E-state index in [1.807, 2.05) is 37.3 Å². The number of para-hydroxylation sites is 1. The highest BCUT2D eigenvalue weighted by molar-refractivity contribution is 5.81. The van der Waals surface area contributed by atoms with Crippen molar-refractivity contribution in [3.05, 3.63) is 76.0 Å². The number of nitro benzene ring substituents is 1. The van der Waals surface area contributed by atoms with Crippen molar-refractivity contribution in [3.63, 3.8) is 0 Å². The van der Waals surface area contributed by atoms with Gasteiger partial charge in [-0.15, -0.1) is 0 Å². The highest BCUT2D eigenvalue weighted by Gasteiger charge is 2.14. The molecule has 0 spiro atoms. The summed E-state index contributed by atoms with van der Waals surface area (Å²) in [5.74, 6) is 0.281. The van der Waals surface area contributed by atoms with Gasteiger partial charge in [0.15, 0.2) is 6.61 Å². The van der Waals surface area contributed by atoms with Crippen LogP contribution in [0.15, 0.2) is 64.2 Å². The van der Waals surface area contributed by atoms with Gasteiger partial charge in [-0.2, -0.15) is 0 Å². The van der Waals surface area contributed by atoms with Crippen LogP contribution in [0.5, 0.6) is 0 Å². The van der Waals surface area contributed by atoms with Gasteiger partial charge in [0.2, 0.25) is 0 Å². The standard InChI is InChI=1S/C19H17N3O5/c1-13(18-10-15-6-2-3-8-17(15)27-18)21-19(23)12-26-20-11-14-5-4-7-16(9-14)22(24)25/h2-11,13H,12H2,1H3,(H,21,23). The predicted molar refractivity (Wildman–Crippen MR) is 99.4 cm³/mol. The lowest BCUT2D eigenvalue weighted by Gasteiger charge is -2.10. The van der Waals surface area contributed by atoms with E-state index in [2.05, 4.69) is 10.5 Å². The van der Waals surface area contributed by atoms with E-state index in [1.54, 1.807) is 12.1 Å². The van der Waals surface area contributed by atoms with Gasteiger partial charge in [-0.1, -0.05) is 35.5 Å². The third-order valence-electron chi connectivity index (χ3n) is 3.80. The number of nitro groups is 1. The first-order chi connectivity index (χ1) is 13.0. The number of nitrogens with zero attached hydrogens (tertiary/aromatic N) is 2. The van der Waals surface area contributed by atoms with Crippen LogP contribution < -0.4 is 5.32 Å². The first-order valence-corrected chi connectivity index (χ1v) is 8.20. The number of amides is 1. The van der Waals surface area contributed by atoms with E-state index < -0.39 is 4.92 Å². The molecule has 0 aliphatic heterocycles. The molecule has 0 fully saturated rings. The van der Waals surface area contributed by atoms with E-state index in [9.17, 15) is 14.9 Å². The van der Waals surface area contributed by atoms with Crippen LogP contribution in [-0.2, 0) is 9.63 Å². The van der Waals surface area contributed by atoms with E-state index in [0.717, 1.165) is 11.0 Å². The number of oxime groups is 1. The molecule has 0 bridgehead atoms. The van der Waals surface area contributed by atoms with Crippen molar-refractivity contribution in [2.75, 3.05) is 6.61 Å². The minimum absolute atomic E-state index is 0.0450. The van der Waals surface area contributed by atoms with Crippen molar-refractivity contribution in [3.8, 4) is 0 Å². The van der Waals surface area contributed by atoms with Gasteiger partial charge in [0.25, 0.3) is 11.6 Å². The number of rotatable bonds is 7. The van der Waals surface area contributed by atoms with Crippen molar-refractivity contribution >= 4 is 28.8 Å². The van der Waals surface area contributed by atoms with Gasteiger partial charge in [0, 0.05) is 23.1 Å². The van der Waals surface area contributed by atoms with Crippen molar-refractivity contribution in [2.24, 2.45) is 5.16 Å². The maximum Gasteiger partial charge on any atom is 0.270 e. The second-order valence-corrected chi connectivity index (χ2v) is 5.84. The number of furan rings is 1. The topological polar surface area (TPSA) is 107 Å². The zero-order valence-electron chi connectivity index (χ0n) is 14.5. The van der Waals surface area contributed by atoms with E-state index in [4.69, 9.17) is 9.25 Å². The Bertz CT molecular complexity index is 963. The van der Waals surface area contributed by atoms with Gasteiger partial charge in [0.05, 0.1) is 17.2 Å². The summed E-state index contributed by atoms with van der Waals surface area (Å²) in [6.45, 7) is 1.53. The van der Waals surface area contributed by atoms with Crippen LogP contribution in [0.3, 0.4) is 0 Å². The molecule has 1 atom stereocenters. The Morgan fingerprint density at radius 3 is 2.89 bits per heavy atom. The number of nitrogens with one attached hydrogen (secondary N) is 1. The zero-order chi connectivity index (χ0) is 19.2. The molecule has 0 saturated carbocycles. The average Bonchev–Trinajstić information content (AvgIpc) is 3.10. The Balaban J connectivity index is 1.50. The number of carbonyl (C=O) groups excluding carboxylic acids is 1. The third-order valence-corrected chi connectivity index (χ3v) is 3.80. The Morgan fingerprint density at radius 2 is 2.11 bits per heavy atom. The minimum atomic E-state index is -0.495. The summed E-state index contributed by atoms with van der Waals surface area (Å²) >= 11 is 0. The molecule has 8 heteroatoms. The Labute approximate surface area is 154 Å². The number of hydrogen-bond acceptors (Lipinski definition) is 6. The molecule has 8 nitrogen and oxygen atoms in total. The molecule has 138 valence electrons. The Hall–Kier alpha value is -3.68. The molecule has 1 N–H and O–H groups in total. The molecule has 1 amide bonds. The fraction of sp³-hybridized carbons (Fsp3) is 0.158. The normalized spacial score (nSPS) is 12.2. The highest BCUT2D eigenvalue weighted by Crippen LogP contribution is 2.23. The van der Waals surface area contributed by atoms with Crippen molar-refractivity contribution in [1.82, 2.24) is 5.32 Å². The second-order valence-electron chi connectivity index (χ2n) is 5.84. The molecule has 0 aliphatic carbocycles. The summed E-state index contributed by atoms with van der Waals surface area (Å²) in [5, 5.41) is 18.1. The average molecular weight is 367 g/mol. The summed E-state index contributed by atoms with van der Waals surface area (Å²) < 4.78 is 5.70. The van der Waals surface area contributed by atoms with Crippen molar-refractivity contribution in [2.45, 2.75) is 13.0 Å². The van der Waals surface area contributed by atoms with E-state index >= 15 is 0 Å². The minimum Gasteiger partial charge on any atom is -0.459 e. The summed E-state index contributed by atoms with van der Waals surface area (Å²) in [7, 11) is 0. The van der Waals surface area contributed by atoms with Gasteiger partial charge < -0.3 is 14.6 Å². The predicted octanol–water partition coefficient (Wildman–Crippen LogP) is 3.57. The largest absolute Gasteiger partial charge is 0.459 e. The van der Waals surface area contributed by atoms with Gasteiger partial charge in [-0.05, 0) is 19.1 Å². The van der Waals surface area contributed by atoms with Crippen molar-refractivity contribution in [1.29, 1.82) is 0 Å². The third kappa shape index (κ3) is 4.69. The van der Waals surface area contributed by atoms with Crippen LogP contribution in [0.2, 0.25) is 0 Å². The smallest absolute Gasteiger partial charge is 0.270 e. The molecule has 1 heterocycles. The summed E-state index contributed by atoms with van der Waals surface area (Å²) in [6.07, 6.45) is 1.31. The molecule has 0 aliphatic rings. The van der Waals surface area contributed by atoms with Crippen LogP contribution >= 0.6 is 0 Å². The van der Waals surface area contributed by atoms with E-state index in [1.165, 1.54) is 18.3 Å². The van der Waals surface area contributed by atoms with Crippen LogP contribution in [-0.4, -0.2) is 23.7 Å². The Morgan fingerprint density at radius 1 is 1.30 bits per heavy atom. The zero-order valence-corrected chi connectivity index (χ0v) is 14.5. The lowest BCUT2D eigenvalue weighted by molar-refractivity contribution is -0.384. The van der Waals surface area contributed by atoms with Crippen molar-refractivity contribution < 1.29 is 19.0 Å². The lowest BCUT2D eigenvalue weighted by atomic mass is 10.2. The van der Waals surface area contributed by atoms with Crippen LogP contribution in [0.1, 0.15) is 24.3 Å². The van der Waals surface area contributed by atoms with E-state index in [-0.39, 0.29) is 24.2 Å². The molecule has 2 aromatic carbocycles. The van der Waals surface area contributed by atoms with Gasteiger partial charge in [-0.25, -0.2) is 0 Å². The number of benzene rings is 2. The van der Waals surface area contributed by atoms with Gasteiger partial charge >= 0.3 is 0 Å². The van der Waals surface area contributed by atoms with Gasteiger partial charge in [-0.3, -0.25) is 14.9 Å². The van der Waals surface area contributed by atoms with E-state index in [0.29, 0.717) is 11.3 Å². The lowest BCUT2D eigenvalue weighted by Crippen LogP contribution is -2.29. The van der Waals surface area contributed by atoms with Gasteiger partial charge in [0.1, 0.15) is 11.3 Å². The SMILES string of the molecule is CC(NC(=O)CON=Cc1cccc([N+](=O)[O-])c1)c1cc2ccccc2o1. The second kappa shape index (κ2) is 8.13. The number of non-ortho nitro benzene ring substituents is 1. The monoisotopic (exact) mass is 367 g/mol. The Kier molecular flexibility index (Phi) is 5.46. The fourth-order valence-corrected chi connectivity index (χ4v) is 2.48. The fourth-order valence-electron chi connectivity index (χ4n) is 2.48. The molecule has 27 heavy (non-hydrogen) atoms. The molecule has 3 rings (SSSR count). The number of hydrogen-bond donors (Lipinski definition) is 1. The first-order valence-electron chi connectivity index (χ1n) is 8.20. The maximum atomic E-state index is 12.0. The molecule has 3 aromatic rings. The molecule has 0 saturated heterocycles. The first kappa shape index (κ1) is 18.1. The molecule has 0 radical (unpaired) electrons. The molecular formula is C19H17N3O5. The maximum absolute atomic E-state index is 12.0. The number of carbonyl (C=O) groups is 1. The quantitative estimate of drug-likeness (QED) is 0.390. The summed E-state index contributed by atoms with van der Waals surface area (Å²) in [4.78, 5) is 27.1. The molecule has 1 unspecified atom stereocenters. The summed E-state index contributed by atoms with van der Waals surface area (Å²) in [5.41, 5.74) is 1.21. The van der Waals surface area contributed by atoms with Crippen LogP contribution in [0.4, 0.5) is 5.69 Å². The summed E-state index contributed by atoms with van der Waals surface area (Å²) in [6, 6.07) is 15.1.